The summed E-state index contributed by atoms with van der Waals surface area (Å²) >= 11 is 0. The molecular formula is C23H26N6O3. The number of imide groups is 1. The van der Waals surface area contributed by atoms with Crippen LogP contribution in [0.25, 0.3) is 5.65 Å². The maximum Gasteiger partial charge on any atom is 0.329 e. The van der Waals surface area contributed by atoms with E-state index in [0.717, 1.165) is 4.90 Å². The summed E-state index contributed by atoms with van der Waals surface area (Å²) in [5.74, 6) is 0.439. The van der Waals surface area contributed by atoms with Gasteiger partial charge in [-0.15, -0.1) is 10.2 Å². The summed E-state index contributed by atoms with van der Waals surface area (Å²) in [5, 5.41) is 14.2. The largest absolute Gasteiger partial charge is 0.346 e. The molecular weight excluding hydrogens is 408 g/mol. The van der Waals surface area contributed by atoms with E-state index in [9.17, 15) is 14.4 Å². The van der Waals surface area contributed by atoms with Crippen LogP contribution in [-0.4, -0.2) is 38.5 Å². The fourth-order valence-electron chi connectivity index (χ4n) is 3.89. The summed E-state index contributed by atoms with van der Waals surface area (Å²) < 4.78 is 1.87. The number of para-hydroxylation sites is 1. The smallest absolute Gasteiger partial charge is 0.329 e. The second kappa shape index (κ2) is 9.17. The third-order valence-electron chi connectivity index (χ3n) is 5.39. The Kier molecular flexibility index (Phi) is 6.16. The number of nitrogens with zero attached hydrogens (tertiary/aromatic N) is 4. The Bertz CT molecular complexity index is 1130. The standard InChI is InChI=1S/C23H26N6O3/c1-15(2)14-18(21-27-26-19-10-6-7-13-28(19)21)24-20(30)12-11-17-22(31)29(23(32)25-17)16-8-4-3-5-9-16/h3-10,13,15,17-18H,11-12,14H2,1-2H3,(H,24,30)(H,25,32)/t17-,18-/m0/s1. The minimum Gasteiger partial charge on any atom is -0.346 e. The van der Waals surface area contributed by atoms with Crippen molar-refractivity contribution in [3.05, 3.63) is 60.6 Å². The Labute approximate surface area is 185 Å². The first-order valence-electron chi connectivity index (χ1n) is 10.7. The predicted molar refractivity (Wildman–Crippen MR) is 119 cm³/mol. The molecule has 1 aromatic carbocycles. The number of carbonyl (C=O) groups excluding carboxylic acids is 3. The maximum atomic E-state index is 12.8. The fraction of sp³-hybridized carbons (Fsp3) is 0.348. The van der Waals surface area contributed by atoms with E-state index in [-0.39, 0.29) is 30.7 Å². The van der Waals surface area contributed by atoms with Gasteiger partial charge in [-0.1, -0.05) is 38.1 Å². The van der Waals surface area contributed by atoms with Gasteiger partial charge in [0, 0.05) is 12.6 Å². The van der Waals surface area contributed by atoms with Crippen molar-refractivity contribution in [3.8, 4) is 0 Å². The van der Waals surface area contributed by atoms with Crippen LogP contribution in [0.1, 0.15) is 45.0 Å². The molecule has 4 rings (SSSR count). The normalized spacial score (nSPS) is 17.1. The summed E-state index contributed by atoms with van der Waals surface area (Å²) in [5.41, 5.74) is 1.23. The zero-order chi connectivity index (χ0) is 22.7. The maximum absolute atomic E-state index is 12.8. The van der Waals surface area contributed by atoms with Crippen molar-refractivity contribution >= 4 is 29.2 Å². The van der Waals surface area contributed by atoms with Gasteiger partial charge in [-0.25, -0.2) is 9.69 Å². The topological polar surface area (TPSA) is 109 Å². The summed E-state index contributed by atoms with van der Waals surface area (Å²) in [7, 11) is 0. The average molecular weight is 435 g/mol. The predicted octanol–water partition coefficient (Wildman–Crippen LogP) is 2.84. The highest BCUT2D eigenvalue weighted by Crippen LogP contribution is 2.23. The molecule has 2 atom stereocenters. The average Bonchev–Trinajstić information content (AvgIpc) is 3.32. The molecule has 9 nitrogen and oxygen atoms in total. The van der Waals surface area contributed by atoms with E-state index in [0.29, 0.717) is 29.5 Å². The SMILES string of the molecule is CC(C)C[C@H](NC(=O)CC[C@@H]1NC(=O)N(c2ccccc2)C1=O)c1nnc2ccccn12. The Morgan fingerprint density at radius 1 is 1.09 bits per heavy atom. The third-order valence-corrected chi connectivity index (χ3v) is 5.39. The van der Waals surface area contributed by atoms with Gasteiger partial charge in [-0.05, 0) is 43.0 Å². The molecule has 2 N–H and O–H groups in total. The highest BCUT2D eigenvalue weighted by atomic mass is 16.2. The number of pyridine rings is 1. The molecule has 3 heterocycles. The molecule has 0 spiro atoms. The van der Waals surface area contributed by atoms with Gasteiger partial charge in [0.25, 0.3) is 5.91 Å². The van der Waals surface area contributed by atoms with Gasteiger partial charge in [0.05, 0.1) is 11.7 Å². The van der Waals surface area contributed by atoms with Crippen LogP contribution in [-0.2, 0) is 9.59 Å². The third kappa shape index (κ3) is 4.46. The summed E-state index contributed by atoms with van der Waals surface area (Å²) in [6.45, 7) is 4.15. The zero-order valence-electron chi connectivity index (χ0n) is 18.1. The van der Waals surface area contributed by atoms with Gasteiger partial charge in [-0.2, -0.15) is 0 Å². The van der Waals surface area contributed by atoms with Crippen molar-refractivity contribution < 1.29 is 14.4 Å². The minimum absolute atomic E-state index is 0.102. The van der Waals surface area contributed by atoms with Crippen LogP contribution >= 0.6 is 0 Å². The van der Waals surface area contributed by atoms with E-state index in [1.807, 2.05) is 34.9 Å². The molecule has 0 bridgehead atoms. The monoisotopic (exact) mass is 434 g/mol. The molecule has 3 aromatic rings. The van der Waals surface area contributed by atoms with Crippen LogP contribution in [0, 0.1) is 5.92 Å². The Morgan fingerprint density at radius 2 is 1.84 bits per heavy atom. The molecule has 2 aromatic heterocycles. The fourth-order valence-corrected chi connectivity index (χ4v) is 3.89. The lowest BCUT2D eigenvalue weighted by atomic mass is 10.0. The number of fused-ring (bicyclic) bond motifs is 1. The van der Waals surface area contributed by atoms with Crippen molar-refractivity contribution in [3.63, 3.8) is 0 Å². The number of urea groups is 1. The number of hydrogen-bond acceptors (Lipinski definition) is 5. The molecule has 1 fully saturated rings. The number of aromatic nitrogens is 3. The number of rotatable bonds is 8. The van der Waals surface area contributed by atoms with Gasteiger partial charge >= 0.3 is 6.03 Å². The first kappa shape index (κ1) is 21.5. The molecule has 9 heteroatoms. The van der Waals surface area contributed by atoms with E-state index in [4.69, 9.17) is 0 Å². The zero-order valence-corrected chi connectivity index (χ0v) is 18.1. The molecule has 0 saturated carbocycles. The lowest BCUT2D eigenvalue weighted by Gasteiger charge is -2.19. The summed E-state index contributed by atoms with van der Waals surface area (Å²) in [6, 6.07) is 12.9. The van der Waals surface area contributed by atoms with Crippen LogP contribution < -0.4 is 15.5 Å². The Hall–Kier alpha value is -3.75. The molecule has 166 valence electrons. The molecule has 4 amide bonds. The highest BCUT2D eigenvalue weighted by molar-refractivity contribution is 6.21. The molecule has 0 unspecified atom stereocenters. The van der Waals surface area contributed by atoms with E-state index >= 15 is 0 Å². The van der Waals surface area contributed by atoms with E-state index in [2.05, 4.69) is 34.7 Å². The Balaban J connectivity index is 1.41. The van der Waals surface area contributed by atoms with Crippen LogP contribution in [0.5, 0.6) is 0 Å². The quantitative estimate of drug-likeness (QED) is 0.530. The lowest BCUT2D eigenvalue weighted by molar-refractivity contribution is -0.122. The summed E-state index contributed by atoms with van der Waals surface area (Å²) in [4.78, 5) is 38.9. The van der Waals surface area contributed by atoms with Gasteiger partial charge in [0.1, 0.15) is 6.04 Å². The molecule has 0 radical (unpaired) electrons. The van der Waals surface area contributed by atoms with Crippen LogP contribution in [0.3, 0.4) is 0 Å². The van der Waals surface area contributed by atoms with Gasteiger partial charge in [0.2, 0.25) is 5.91 Å². The van der Waals surface area contributed by atoms with Gasteiger partial charge in [0.15, 0.2) is 11.5 Å². The van der Waals surface area contributed by atoms with Crippen molar-refractivity contribution in [2.75, 3.05) is 4.90 Å². The van der Waals surface area contributed by atoms with Crippen LogP contribution in [0.4, 0.5) is 10.5 Å². The number of nitrogens with one attached hydrogen (secondary N) is 2. The van der Waals surface area contributed by atoms with Crippen molar-refractivity contribution in [2.45, 2.75) is 45.2 Å². The van der Waals surface area contributed by atoms with Gasteiger partial charge < -0.3 is 10.6 Å². The van der Waals surface area contributed by atoms with Crippen molar-refractivity contribution in [1.82, 2.24) is 25.2 Å². The van der Waals surface area contributed by atoms with Crippen LogP contribution in [0.15, 0.2) is 54.7 Å². The molecule has 1 aliphatic heterocycles. The van der Waals surface area contributed by atoms with E-state index in [1.165, 1.54) is 0 Å². The molecule has 1 saturated heterocycles. The number of carbonyl (C=O) groups is 3. The Morgan fingerprint density at radius 3 is 2.59 bits per heavy atom. The lowest BCUT2D eigenvalue weighted by Crippen LogP contribution is -2.34. The van der Waals surface area contributed by atoms with Gasteiger partial charge in [-0.3, -0.25) is 14.0 Å². The van der Waals surface area contributed by atoms with Crippen molar-refractivity contribution in [2.24, 2.45) is 5.92 Å². The second-order valence-electron chi connectivity index (χ2n) is 8.29. The van der Waals surface area contributed by atoms with Crippen LogP contribution in [0.2, 0.25) is 0 Å². The first-order chi connectivity index (χ1) is 15.4. The van der Waals surface area contributed by atoms with E-state index < -0.39 is 12.1 Å². The number of benzene rings is 1. The number of hydrogen-bond donors (Lipinski definition) is 2. The minimum atomic E-state index is -0.731. The van der Waals surface area contributed by atoms with Crippen molar-refractivity contribution in [1.29, 1.82) is 0 Å². The first-order valence-corrected chi connectivity index (χ1v) is 10.7. The highest BCUT2D eigenvalue weighted by Gasteiger charge is 2.39. The molecule has 0 aliphatic carbocycles. The second-order valence-corrected chi connectivity index (χ2v) is 8.29. The van der Waals surface area contributed by atoms with E-state index in [1.54, 1.807) is 24.3 Å². The summed E-state index contributed by atoms with van der Waals surface area (Å²) in [6.07, 6.45) is 2.89. The molecule has 1 aliphatic rings. The number of anilines is 1. The molecule has 32 heavy (non-hydrogen) atoms. The number of amides is 4.